The van der Waals surface area contributed by atoms with Crippen LogP contribution in [0.15, 0.2) is 48.5 Å². The molecular weight excluding hydrogens is 318 g/mol. The number of hydrogen-bond acceptors (Lipinski definition) is 4. The van der Waals surface area contributed by atoms with Crippen LogP contribution in [0.1, 0.15) is 26.5 Å². The van der Waals surface area contributed by atoms with Crippen LogP contribution in [-0.2, 0) is 0 Å². The fourth-order valence-electron chi connectivity index (χ4n) is 2.42. The molecule has 2 aromatic carbocycles. The zero-order valence-electron chi connectivity index (χ0n) is 13.9. The van der Waals surface area contributed by atoms with E-state index in [2.05, 4.69) is 15.6 Å². The summed E-state index contributed by atoms with van der Waals surface area (Å²) < 4.78 is 0. The van der Waals surface area contributed by atoms with Crippen LogP contribution in [0.2, 0.25) is 0 Å². The number of aromatic nitrogens is 1. The number of nitrogens with zero attached hydrogens (tertiary/aromatic N) is 1. The lowest BCUT2D eigenvalue weighted by Gasteiger charge is -2.04. The predicted molar refractivity (Wildman–Crippen MR) is 100 cm³/mol. The first kappa shape index (κ1) is 16.2. The minimum Gasteiger partial charge on any atom is -0.332 e. The summed E-state index contributed by atoms with van der Waals surface area (Å²) in [5.41, 5.74) is 4.76. The van der Waals surface area contributed by atoms with E-state index in [9.17, 15) is 4.79 Å². The van der Waals surface area contributed by atoms with Gasteiger partial charge in [0, 0.05) is 11.4 Å². The van der Waals surface area contributed by atoms with E-state index in [-0.39, 0.29) is 5.91 Å². The lowest BCUT2D eigenvalue weighted by molar-refractivity contribution is 0.103. The van der Waals surface area contributed by atoms with Crippen LogP contribution in [-0.4, -0.2) is 10.9 Å². The molecule has 4 nitrogen and oxygen atoms in total. The Morgan fingerprint density at radius 3 is 2.25 bits per heavy atom. The van der Waals surface area contributed by atoms with Crippen LogP contribution in [0.4, 0.5) is 16.5 Å². The molecule has 0 aliphatic heterocycles. The molecule has 3 aromatic rings. The number of carbonyl (C=O) groups is 1. The van der Waals surface area contributed by atoms with Gasteiger partial charge >= 0.3 is 0 Å². The molecule has 24 heavy (non-hydrogen) atoms. The van der Waals surface area contributed by atoms with Crippen molar-refractivity contribution in [1.82, 2.24) is 4.98 Å². The number of aryl methyl sites for hydroxylation is 3. The normalized spacial score (nSPS) is 10.5. The highest BCUT2D eigenvalue weighted by Crippen LogP contribution is 2.27. The van der Waals surface area contributed by atoms with Crippen LogP contribution in [0.25, 0.3) is 0 Å². The molecule has 5 heteroatoms. The molecule has 0 aliphatic rings. The number of amides is 1. The van der Waals surface area contributed by atoms with Crippen LogP contribution in [0, 0.1) is 20.8 Å². The molecule has 0 radical (unpaired) electrons. The minimum absolute atomic E-state index is 0.132. The van der Waals surface area contributed by atoms with Crippen molar-refractivity contribution in [2.45, 2.75) is 20.8 Å². The molecule has 1 heterocycles. The summed E-state index contributed by atoms with van der Waals surface area (Å²) in [5.74, 6) is -0.132. The first-order valence-corrected chi connectivity index (χ1v) is 8.52. The Kier molecular flexibility index (Phi) is 4.62. The number of nitrogens with one attached hydrogen (secondary N) is 2. The van der Waals surface area contributed by atoms with E-state index < -0.39 is 0 Å². The second-order valence-electron chi connectivity index (χ2n) is 5.75. The first-order chi connectivity index (χ1) is 11.5. The van der Waals surface area contributed by atoms with E-state index in [4.69, 9.17) is 0 Å². The summed E-state index contributed by atoms with van der Waals surface area (Å²) in [6, 6.07) is 15.8. The summed E-state index contributed by atoms with van der Waals surface area (Å²) in [6.45, 7) is 5.89. The maximum Gasteiger partial charge on any atom is 0.267 e. The molecule has 0 saturated heterocycles. The molecule has 0 fully saturated rings. The summed E-state index contributed by atoms with van der Waals surface area (Å²) in [4.78, 5) is 17.6. The Balaban J connectivity index is 1.77. The minimum atomic E-state index is -0.132. The number of thiazole rings is 1. The number of carbonyl (C=O) groups excluding carboxylic acids is 1. The SMILES string of the molecule is Cc1cccc(NC(=O)c2sc(Nc3cccc(C)c3)nc2C)c1. The van der Waals surface area contributed by atoms with E-state index in [0.717, 1.165) is 22.6 Å². The fraction of sp³-hybridized carbons (Fsp3) is 0.158. The van der Waals surface area contributed by atoms with E-state index in [0.29, 0.717) is 10.0 Å². The van der Waals surface area contributed by atoms with Gasteiger partial charge in [-0.25, -0.2) is 4.98 Å². The highest BCUT2D eigenvalue weighted by molar-refractivity contribution is 7.17. The molecule has 0 spiro atoms. The average Bonchev–Trinajstić information content (AvgIpc) is 2.88. The van der Waals surface area contributed by atoms with Crippen molar-refractivity contribution in [3.63, 3.8) is 0 Å². The maximum absolute atomic E-state index is 12.5. The maximum atomic E-state index is 12.5. The Hall–Kier alpha value is -2.66. The summed E-state index contributed by atoms with van der Waals surface area (Å²) in [6.07, 6.45) is 0. The van der Waals surface area contributed by atoms with Crippen molar-refractivity contribution in [3.8, 4) is 0 Å². The van der Waals surface area contributed by atoms with Gasteiger partial charge in [-0.2, -0.15) is 0 Å². The van der Waals surface area contributed by atoms with E-state index >= 15 is 0 Å². The Labute approximate surface area is 145 Å². The van der Waals surface area contributed by atoms with Crippen molar-refractivity contribution < 1.29 is 4.79 Å². The number of hydrogen-bond donors (Lipinski definition) is 2. The number of benzene rings is 2. The smallest absolute Gasteiger partial charge is 0.267 e. The lowest BCUT2D eigenvalue weighted by atomic mass is 10.2. The Bertz CT molecular complexity index is 886. The third-order valence-electron chi connectivity index (χ3n) is 3.55. The Morgan fingerprint density at radius 2 is 1.58 bits per heavy atom. The van der Waals surface area contributed by atoms with Gasteiger partial charge in [0.2, 0.25) is 0 Å². The summed E-state index contributed by atoms with van der Waals surface area (Å²) >= 11 is 1.36. The second kappa shape index (κ2) is 6.84. The van der Waals surface area contributed by atoms with E-state index in [1.54, 1.807) is 0 Å². The fourth-order valence-corrected chi connectivity index (χ4v) is 3.30. The zero-order chi connectivity index (χ0) is 17.1. The standard InChI is InChI=1S/C19H19N3OS/c1-12-6-4-8-15(10-12)21-18(23)17-14(3)20-19(24-17)22-16-9-5-7-13(2)11-16/h4-11H,1-3H3,(H,20,22)(H,21,23). The highest BCUT2D eigenvalue weighted by atomic mass is 32.1. The van der Waals surface area contributed by atoms with Crippen molar-refractivity contribution >= 4 is 33.8 Å². The van der Waals surface area contributed by atoms with Gasteiger partial charge in [0.05, 0.1) is 5.69 Å². The van der Waals surface area contributed by atoms with Gasteiger partial charge in [0.25, 0.3) is 5.91 Å². The first-order valence-electron chi connectivity index (χ1n) is 7.70. The zero-order valence-corrected chi connectivity index (χ0v) is 14.7. The van der Waals surface area contributed by atoms with Gasteiger partial charge in [-0.15, -0.1) is 0 Å². The van der Waals surface area contributed by atoms with Gasteiger partial charge in [-0.3, -0.25) is 4.79 Å². The van der Waals surface area contributed by atoms with Crippen molar-refractivity contribution in [3.05, 3.63) is 70.2 Å². The van der Waals surface area contributed by atoms with Crippen LogP contribution < -0.4 is 10.6 Å². The molecule has 1 aromatic heterocycles. The molecule has 122 valence electrons. The monoisotopic (exact) mass is 337 g/mol. The molecule has 1 amide bonds. The topological polar surface area (TPSA) is 54.0 Å². The molecule has 2 N–H and O–H groups in total. The van der Waals surface area contributed by atoms with Crippen molar-refractivity contribution in [2.75, 3.05) is 10.6 Å². The van der Waals surface area contributed by atoms with Crippen LogP contribution >= 0.6 is 11.3 Å². The second-order valence-corrected chi connectivity index (χ2v) is 6.75. The summed E-state index contributed by atoms with van der Waals surface area (Å²) in [7, 11) is 0. The van der Waals surface area contributed by atoms with Gasteiger partial charge < -0.3 is 10.6 Å². The highest BCUT2D eigenvalue weighted by Gasteiger charge is 2.15. The molecule has 0 saturated carbocycles. The van der Waals surface area contributed by atoms with Gasteiger partial charge in [-0.05, 0) is 56.2 Å². The molecule has 0 aliphatic carbocycles. The van der Waals surface area contributed by atoms with E-state index in [1.807, 2.05) is 69.3 Å². The number of rotatable bonds is 4. The van der Waals surface area contributed by atoms with E-state index in [1.165, 1.54) is 16.9 Å². The van der Waals surface area contributed by atoms with Gasteiger partial charge in [0.1, 0.15) is 4.88 Å². The number of anilines is 3. The van der Waals surface area contributed by atoms with Crippen LogP contribution in [0.5, 0.6) is 0 Å². The predicted octanol–water partition coefficient (Wildman–Crippen LogP) is 5.06. The van der Waals surface area contributed by atoms with Crippen molar-refractivity contribution in [2.24, 2.45) is 0 Å². The largest absolute Gasteiger partial charge is 0.332 e. The lowest BCUT2D eigenvalue weighted by Crippen LogP contribution is -2.11. The molecule has 0 bridgehead atoms. The Morgan fingerprint density at radius 1 is 0.958 bits per heavy atom. The van der Waals surface area contributed by atoms with Gasteiger partial charge in [-0.1, -0.05) is 35.6 Å². The molecule has 3 rings (SSSR count). The van der Waals surface area contributed by atoms with Crippen LogP contribution in [0.3, 0.4) is 0 Å². The average molecular weight is 337 g/mol. The summed E-state index contributed by atoms with van der Waals surface area (Å²) in [5, 5.41) is 6.91. The molecule has 0 unspecified atom stereocenters. The molecular formula is C19H19N3OS. The third-order valence-corrected chi connectivity index (χ3v) is 4.62. The van der Waals surface area contributed by atoms with Gasteiger partial charge in [0.15, 0.2) is 5.13 Å². The molecule has 0 atom stereocenters. The van der Waals surface area contributed by atoms with Crippen molar-refractivity contribution in [1.29, 1.82) is 0 Å². The third kappa shape index (κ3) is 3.81. The quantitative estimate of drug-likeness (QED) is 0.699.